The molecule has 3 N–H and O–H groups in total. The summed E-state index contributed by atoms with van der Waals surface area (Å²) >= 11 is 0. The van der Waals surface area contributed by atoms with Crippen LogP contribution < -0.4 is 10.6 Å². The molecule has 0 fully saturated rings. The number of para-hydroxylation sites is 1. The van der Waals surface area contributed by atoms with Gasteiger partial charge in [0.05, 0.1) is 11.1 Å². The topological polar surface area (TPSA) is 74.0 Å². The summed E-state index contributed by atoms with van der Waals surface area (Å²) in [5.74, 6) is -0.298. The largest absolute Gasteiger partial charge is 0.361 e. The fourth-order valence-corrected chi connectivity index (χ4v) is 2.81. The van der Waals surface area contributed by atoms with Gasteiger partial charge in [0.2, 0.25) is 0 Å². The van der Waals surface area contributed by atoms with Gasteiger partial charge in [-0.3, -0.25) is 9.59 Å². The molecule has 0 saturated heterocycles. The van der Waals surface area contributed by atoms with E-state index in [2.05, 4.69) is 15.6 Å². The van der Waals surface area contributed by atoms with Gasteiger partial charge >= 0.3 is 0 Å². The van der Waals surface area contributed by atoms with Crippen molar-refractivity contribution in [3.8, 4) is 0 Å². The molecule has 0 aliphatic carbocycles. The lowest BCUT2D eigenvalue weighted by molar-refractivity contribution is 0.0942. The van der Waals surface area contributed by atoms with E-state index in [9.17, 15) is 9.59 Å². The zero-order valence-electron chi connectivity index (χ0n) is 14.5. The number of fused-ring (bicyclic) bond motifs is 1. The normalized spacial score (nSPS) is 10.9. The predicted molar refractivity (Wildman–Crippen MR) is 100 cm³/mol. The van der Waals surface area contributed by atoms with E-state index >= 15 is 0 Å². The van der Waals surface area contributed by atoms with Crippen LogP contribution in [0.3, 0.4) is 0 Å². The van der Waals surface area contributed by atoms with Gasteiger partial charge in [-0.2, -0.15) is 0 Å². The highest BCUT2D eigenvalue weighted by molar-refractivity contribution is 6.12. The maximum atomic E-state index is 12.6. The van der Waals surface area contributed by atoms with E-state index in [0.29, 0.717) is 16.8 Å². The van der Waals surface area contributed by atoms with Crippen molar-refractivity contribution in [1.29, 1.82) is 0 Å². The standard InChI is InChI=1S/C20H21N3O2/c1-12(2)22-19(24)16-8-7-15(11-13(16)3)23-20(25)17-6-4-5-14-9-10-21-18(14)17/h4-12,21H,1-3H3,(H,22,24)(H,23,25). The first-order valence-electron chi connectivity index (χ1n) is 8.24. The fourth-order valence-electron chi connectivity index (χ4n) is 2.81. The van der Waals surface area contributed by atoms with Crippen molar-refractivity contribution in [1.82, 2.24) is 10.3 Å². The summed E-state index contributed by atoms with van der Waals surface area (Å²) in [4.78, 5) is 27.8. The molecule has 5 heteroatoms. The van der Waals surface area contributed by atoms with Crippen LogP contribution in [-0.4, -0.2) is 22.8 Å². The van der Waals surface area contributed by atoms with Crippen molar-refractivity contribution in [2.45, 2.75) is 26.8 Å². The number of nitrogens with one attached hydrogen (secondary N) is 3. The van der Waals surface area contributed by atoms with Crippen LogP contribution >= 0.6 is 0 Å². The molecule has 25 heavy (non-hydrogen) atoms. The molecule has 0 bridgehead atoms. The first-order chi connectivity index (χ1) is 12.0. The third kappa shape index (κ3) is 3.55. The van der Waals surface area contributed by atoms with Gasteiger partial charge in [-0.05, 0) is 56.7 Å². The molecule has 5 nitrogen and oxygen atoms in total. The lowest BCUT2D eigenvalue weighted by Gasteiger charge is -2.12. The summed E-state index contributed by atoms with van der Waals surface area (Å²) in [6.45, 7) is 5.70. The minimum atomic E-state index is -0.188. The number of carbonyl (C=O) groups excluding carboxylic acids is 2. The minimum absolute atomic E-state index is 0.0764. The van der Waals surface area contributed by atoms with E-state index in [1.807, 2.05) is 51.2 Å². The Bertz CT molecular complexity index is 941. The quantitative estimate of drug-likeness (QED) is 0.677. The molecule has 2 aromatic carbocycles. The van der Waals surface area contributed by atoms with Crippen LogP contribution in [0.2, 0.25) is 0 Å². The number of rotatable bonds is 4. The smallest absolute Gasteiger partial charge is 0.257 e. The van der Waals surface area contributed by atoms with E-state index < -0.39 is 0 Å². The molecular weight excluding hydrogens is 314 g/mol. The fraction of sp³-hybridized carbons (Fsp3) is 0.200. The number of benzene rings is 2. The lowest BCUT2D eigenvalue weighted by Crippen LogP contribution is -2.30. The summed E-state index contributed by atoms with van der Waals surface area (Å²) < 4.78 is 0. The van der Waals surface area contributed by atoms with E-state index in [0.717, 1.165) is 16.5 Å². The average molecular weight is 335 g/mol. The molecule has 0 unspecified atom stereocenters. The molecule has 1 aromatic heterocycles. The highest BCUT2D eigenvalue weighted by atomic mass is 16.2. The Hall–Kier alpha value is -3.08. The van der Waals surface area contributed by atoms with Crippen molar-refractivity contribution in [3.63, 3.8) is 0 Å². The Morgan fingerprint density at radius 3 is 2.52 bits per heavy atom. The zero-order chi connectivity index (χ0) is 18.0. The van der Waals surface area contributed by atoms with Gasteiger partial charge in [0.1, 0.15) is 0 Å². The van der Waals surface area contributed by atoms with Gasteiger partial charge in [0.25, 0.3) is 11.8 Å². The minimum Gasteiger partial charge on any atom is -0.361 e. The first-order valence-corrected chi connectivity index (χ1v) is 8.24. The number of anilines is 1. The van der Waals surface area contributed by atoms with Gasteiger partial charge in [-0.15, -0.1) is 0 Å². The van der Waals surface area contributed by atoms with Crippen molar-refractivity contribution in [3.05, 3.63) is 65.4 Å². The molecule has 128 valence electrons. The second kappa shape index (κ2) is 6.81. The number of aryl methyl sites for hydroxylation is 1. The zero-order valence-corrected chi connectivity index (χ0v) is 14.5. The van der Waals surface area contributed by atoms with E-state index in [-0.39, 0.29) is 17.9 Å². The summed E-state index contributed by atoms with van der Waals surface area (Å²) in [5, 5.41) is 6.76. The molecule has 0 saturated carbocycles. The second-order valence-electron chi connectivity index (χ2n) is 6.36. The van der Waals surface area contributed by atoms with Crippen molar-refractivity contribution >= 4 is 28.4 Å². The summed E-state index contributed by atoms with van der Waals surface area (Å²) in [6, 6.07) is 12.9. The first kappa shape index (κ1) is 16.8. The van der Waals surface area contributed by atoms with Crippen LogP contribution in [0.5, 0.6) is 0 Å². The Morgan fingerprint density at radius 1 is 1.00 bits per heavy atom. The molecule has 0 radical (unpaired) electrons. The van der Waals surface area contributed by atoms with E-state index in [1.165, 1.54) is 0 Å². The maximum absolute atomic E-state index is 12.6. The molecule has 0 aliphatic rings. The number of H-pyrrole nitrogens is 1. The summed E-state index contributed by atoms with van der Waals surface area (Å²) in [5.41, 5.74) is 3.48. The van der Waals surface area contributed by atoms with Crippen LogP contribution in [0.4, 0.5) is 5.69 Å². The van der Waals surface area contributed by atoms with Crippen molar-refractivity contribution in [2.24, 2.45) is 0 Å². The molecule has 3 aromatic rings. The number of aromatic amines is 1. The van der Waals surface area contributed by atoms with Crippen LogP contribution in [0, 0.1) is 6.92 Å². The molecule has 2 amide bonds. The third-order valence-corrected chi connectivity index (χ3v) is 3.98. The highest BCUT2D eigenvalue weighted by Crippen LogP contribution is 2.20. The van der Waals surface area contributed by atoms with Gasteiger partial charge in [0.15, 0.2) is 0 Å². The van der Waals surface area contributed by atoms with Crippen LogP contribution in [0.25, 0.3) is 10.9 Å². The SMILES string of the molecule is Cc1cc(NC(=O)c2cccc3cc[nH]c23)ccc1C(=O)NC(C)C. The van der Waals surface area contributed by atoms with Gasteiger partial charge in [0, 0.05) is 28.9 Å². The second-order valence-corrected chi connectivity index (χ2v) is 6.36. The van der Waals surface area contributed by atoms with Crippen LogP contribution in [0.15, 0.2) is 48.7 Å². The van der Waals surface area contributed by atoms with Crippen molar-refractivity contribution < 1.29 is 9.59 Å². The Balaban J connectivity index is 1.81. The predicted octanol–water partition coefficient (Wildman–Crippen LogP) is 3.87. The molecule has 0 spiro atoms. The monoisotopic (exact) mass is 335 g/mol. The molecule has 0 aliphatic heterocycles. The molecule has 0 atom stereocenters. The van der Waals surface area contributed by atoms with E-state index in [1.54, 1.807) is 18.2 Å². The highest BCUT2D eigenvalue weighted by Gasteiger charge is 2.13. The van der Waals surface area contributed by atoms with E-state index in [4.69, 9.17) is 0 Å². The Labute approximate surface area is 146 Å². The lowest BCUT2D eigenvalue weighted by atomic mass is 10.1. The van der Waals surface area contributed by atoms with Gasteiger partial charge in [-0.25, -0.2) is 0 Å². The van der Waals surface area contributed by atoms with Crippen LogP contribution in [-0.2, 0) is 0 Å². The Kier molecular flexibility index (Phi) is 4.57. The Morgan fingerprint density at radius 2 is 1.80 bits per heavy atom. The summed E-state index contributed by atoms with van der Waals surface area (Å²) in [7, 11) is 0. The number of hydrogen-bond donors (Lipinski definition) is 3. The average Bonchev–Trinajstić information content (AvgIpc) is 3.02. The maximum Gasteiger partial charge on any atom is 0.257 e. The number of aromatic nitrogens is 1. The van der Waals surface area contributed by atoms with Gasteiger partial charge < -0.3 is 15.6 Å². The summed E-state index contributed by atoms with van der Waals surface area (Å²) in [6.07, 6.45) is 1.81. The van der Waals surface area contributed by atoms with Gasteiger partial charge in [-0.1, -0.05) is 12.1 Å². The third-order valence-electron chi connectivity index (χ3n) is 3.98. The molecule has 3 rings (SSSR count). The number of hydrogen-bond acceptors (Lipinski definition) is 2. The number of amides is 2. The molecule has 1 heterocycles. The van der Waals surface area contributed by atoms with Crippen LogP contribution in [0.1, 0.15) is 40.1 Å². The van der Waals surface area contributed by atoms with Crippen molar-refractivity contribution in [2.75, 3.05) is 5.32 Å². The number of carbonyl (C=O) groups is 2. The molecular formula is C20H21N3O2.